The van der Waals surface area contributed by atoms with Gasteiger partial charge in [0.15, 0.2) is 0 Å². The number of carbonyl (C=O) groups is 1. The average molecular weight is 401 g/mol. The van der Waals surface area contributed by atoms with Gasteiger partial charge in [-0.05, 0) is 60.4 Å². The maximum Gasteiger partial charge on any atom is 0.337 e. The van der Waals surface area contributed by atoms with Gasteiger partial charge in [0, 0.05) is 0 Å². The van der Waals surface area contributed by atoms with Gasteiger partial charge in [-0.25, -0.2) is 4.79 Å². The smallest absolute Gasteiger partial charge is 0.337 e. The number of hydrogen-bond acceptors (Lipinski definition) is 3. The van der Waals surface area contributed by atoms with Gasteiger partial charge in [0.25, 0.3) is 0 Å². The predicted molar refractivity (Wildman–Crippen MR) is 119 cm³/mol. The molecule has 1 aliphatic carbocycles. The van der Waals surface area contributed by atoms with Gasteiger partial charge in [0.2, 0.25) is 0 Å². The lowest BCUT2D eigenvalue weighted by molar-refractivity contribution is -0.0147. The van der Waals surface area contributed by atoms with E-state index >= 15 is 0 Å². The number of hydrogen-bond donors (Lipinski definition) is 0. The molecule has 0 unspecified atom stereocenters. The molecule has 0 saturated heterocycles. The van der Waals surface area contributed by atoms with Crippen LogP contribution in [0.2, 0.25) is 0 Å². The molecule has 3 aromatic rings. The second-order valence-electron chi connectivity index (χ2n) is 7.92. The second-order valence-corrected chi connectivity index (χ2v) is 7.92. The zero-order chi connectivity index (χ0) is 20.8. The van der Waals surface area contributed by atoms with Crippen LogP contribution >= 0.6 is 0 Å². The first-order chi connectivity index (χ1) is 14.7. The minimum absolute atomic E-state index is 0.0340. The summed E-state index contributed by atoms with van der Waals surface area (Å²) in [7, 11) is 1.41. The summed E-state index contributed by atoms with van der Waals surface area (Å²) in [5, 5.41) is 0. The van der Waals surface area contributed by atoms with E-state index < -0.39 is 0 Å². The first-order valence-electron chi connectivity index (χ1n) is 10.7. The predicted octanol–water partition coefficient (Wildman–Crippen LogP) is 6.31. The Kier molecular flexibility index (Phi) is 6.60. The summed E-state index contributed by atoms with van der Waals surface area (Å²) in [6.07, 6.45) is 4.49. The summed E-state index contributed by atoms with van der Waals surface area (Å²) >= 11 is 0. The van der Waals surface area contributed by atoms with Crippen LogP contribution in [0.15, 0.2) is 84.9 Å². The summed E-state index contributed by atoms with van der Waals surface area (Å²) in [6.45, 7) is 0. The SMILES string of the molecule is COC(=O)c1ccc(C2CCC(OC(c3ccccc3)c3ccccc3)CC2)cc1. The number of carbonyl (C=O) groups excluding carboxylic acids is 1. The first-order valence-corrected chi connectivity index (χ1v) is 10.7. The van der Waals surface area contributed by atoms with Gasteiger partial charge in [-0.15, -0.1) is 0 Å². The molecule has 4 rings (SSSR count). The Morgan fingerprint density at radius 2 is 1.30 bits per heavy atom. The van der Waals surface area contributed by atoms with Crippen LogP contribution in [-0.4, -0.2) is 19.2 Å². The maximum atomic E-state index is 11.6. The van der Waals surface area contributed by atoms with Gasteiger partial charge in [-0.3, -0.25) is 0 Å². The molecule has 0 aliphatic heterocycles. The lowest BCUT2D eigenvalue weighted by Crippen LogP contribution is -2.23. The fraction of sp³-hybridized carbons (Fsp3) is 0.296. The average Bonchev–Trinajstić information content (AvgIpc) is 2.83. The minimum Gasteiger partial charge on any atom is -0.465 e. The van der Waals surface area contributed by atoms with Gasteiger partial charge in [-0.1, -0.05) is 72.8 Å². The molecule has 0 bridgehead atoms. The molecule has 0 spiro atoms. The molecule has 1 saturated carbocycles. The van der Waals surface area contributed by atoms with Crippen molar-refractivity contribution in [2.24, 2.45) is 0 Å². The maximum absolute atomic E-state index is 11.6. The van der Waals surface area contributed by atoms with Crippen molar-refractivity contribution in [2.75, 3.05) is 7.11 Å². The molecule has 0 N–H and O–H groups in total. The molecule has 3 heteroatoms. The largest absolute Gasteiger partial charge is 0.465 e. The Bertz CT molecular complexity index is 887. The minimum atomic E-state index is -0.286. The van der Waals surface area contributed by atoms with Crippen molar-refractivity contribution in [2.45, 2.75) is 43.8 Å². The van der Waals surface area contributed by atoms with Crippen molar-refractivity contribution in [3.05, 3.63) is 107 Å². The molecule has 1 aliphatic rings. The Morgan fingerprint density at radius 3 is 1.80 bits per heavy atom. The molecule has 0 heterocycles. The highest BCUT2D eigenvalue weighted by Crippen LogP contribution is 2.37. The van der Waals surface area contributed by atoms with Crippen LogP contribution in [0.5, 0.6) is 0 Å². The van der Waals surface area contributed by atoms with Crippen molar-refractivity contribution in [1.82, 2.24) is 0 Å². The van der Waals surface area contributed by atoms with E-state index in [1.807, 2.05) is 24.3 Å². The highest BCUT2D eigenvalue weighted by atomic mass is 16.5. The topological polar surface area (TPSA) is 35.5 Å². The van der Waals surface area contributed by atoms with Gasteiger partial charge < -0.3 is 9.47 Å². The van der Waals surface area contributed by atoms with Crippen molar-refractivity contribution < 1.29 is 14.3 Å². The number of rotatable bonds is 6. The fourth-order valence-corrected chi connectivity index (χ4v) is 4.34. The van der Waals surface area contributed by atoms with Crippen molar-refractivity contribution >= 4 is 5.97 Å². The number of esters is 1. The standard InChI is InChI=1S/C27H28O3/c1-29-27(28)24-14-12-20(13-15-24)21-16-18-25(19-17-21)30-26(22-8-4-2-5-9-22)23-10-6-3-7-11-23/h2-15,21,25-26H,16-19H2,1H3. The van der Waals surface area contributed by atoms with E-state index in [1.54, 1.807) is 0 Å². The molecule has 0 amide bonds. The van der Waals surface area contributed by atoms with Crippen LogP contribution in [-0.2, 0) is 9.47 Å². The Labute approximate surface area is 178 Å². The zero-order valence-corrected chi connectivity index (χ0v) is 17.4. The third-order valence-electron chi connectivity index (χ3n) is 6.01. The summed E-state index contributed by atoms with van der Waals surface area (Å²) in [6, 6.07) is 28.8. The van der Waals surface area contributed by atoms with Crippen molar-refractivity contribution in [3.63, 3.8) is 0 Å². The molecular formula is C27H28O3. The zero-order valence-electron chi connectivity index (χ0n) is 17.4. The second kappa shape index (κ2) is 9.73. The Balaban J connectivity index is 1.41. The molecule has 3 aromatic carbocycles. The van der Waals surface area contributed by atoms with E-state index in [9.17, 15) is 4.79 Å². The monoisotopic (exact) mass is 400 g/mol. The molecule has 0 aromatic heterocycles. The molecule has 3 nitrogen and oxygen atoms in total. The van der Waals surface area contributed by atoms with E-state index in [0.29, 0.717) is 11.5 Å². The molecular weight excluding hydrogens is 372 g/mol. The van der Waals surface area contributed by atoms with Crippen LogP contribution in [0.3, 0.4) is 0 Å². The quantitative estimate of drug-likeness (QED) is 0.455. The van der Waals surface area contributed by atoms with Gasteiger partial charge in [0.05, 0.1) is 18.8 Å². The van der Waals surface area contributed by atoms with Gasteiger partial charge in [-0.2, -0.15) is 0 Å². The van der Waals surface area contributed by atoms with E-state index in [2.05, 4.69) is 60.7 Å². The Hall–Kier alpha value is -2.91. The van der Waals surface area contributed by atoms with Crippen LogP contribution in [0.4, 0.5) is 0 Å². The first kappa shape index (κ1) is 20.4. The van der Waals surface area contributed by atoms with Crippen LogP contribution in [0.25, 0.3) is 0 Å². The summed E-state index contributed by atoms with van der Waals surface area (Å²) in [5.74, 6) is 0.231. The molecule has 0 atom stereocenters. The molecule has 30 heavy (non-hydrogen) atoms. The lowest BCUT2D eigenvalue weighted by Gasteiger charge is -2.32. The van der Waals surface area contributed by atoms with E-state index in [4.69, 9.17) is 9.47 Å². The summed E-state index contributed by atoms with van der Waals surface area (Å²) in [5.41, 5.74) is 4.30. The van der Waals surface area contributed by atoms with Gasteiger partial charge in [0.1, 0.15) is 6.10 Å². The third kappa shape index (κ3) is 4.80. The number of benzene rings is 3. The van der Waals surface area contributed by atoms with Crippen LogP contribution in [0.1, 0.15) is 64.8 Å². The highest BCUT2D eigenvalue weighted by Gasteiger charge is 2.26. The molecule has 0 radical (unpaired) electrons. The summed E-state index contributed by atoms with van der Waals surface area (Å²) < 4.78 is 11.4. The third-order valence-corrected chi connectivity index (χ3v) is 6.01. The molecule has 1 fully saturated rings. The Morgan fingerprint density at radius 1 is 0.767 bits per heavy atom. The van der Waals surface area contributed by atoms with Crippen LogP contribution in [0, 0.1) is 0 Å². The van der Waals surface area contributed by atoms with Crippen LogP contribution < -0.4 is 0 Å². The number of methoxy groups -OCH3 is 1. The van der Waals surface area contributed by atoms with Crippen molar-refractivity contribution in [3.8, 4) is 0 Å². The lowest BCUT2D eigenvalue weighted by atomic mass is 9.82. The van der Waals surface area contributed by atoms with E-state index in [-0.39, 0.29) is 18.2 Å². The van der Waals surface area contributed by atoms with E-state index in [0.717, 1.165) is 25.7 Å². The normalized spacial score (nSPS) is 18.9. The van der Waals surface area contributed by atoms with Gasteiger partial charge >= 0.3 is 5.97 Å². The summed E-state index contributed by atoms with van der Waals surface area (Å²) in [4.78, 5) is 11.6. The highest BCUT2D eigenvalue weighted by molar-refractivity contribution is 5.89. The van der Waals surface area contributed by atoms with E-state index in [1.165, 1.54) is 23.8 Å². The van der Waals surface area contributed by atoms with Crippen molar-refractivity contribution in [1.29, 1.82) is 0 Å². The fourth-order valence-electron chi connectivity index (χ4n) is 4.34. The molecule has 154 valence electrons. The number of ether oxygens (including phenoxy) is 2.